The largest absolute Gasteiger partial charge is 0.497 e. The van der Waals surface area contributed by atoms with E-state index in [9.17, 15) is 9.59 Å². The molecule has 1 aliphatic rings. The number of aryl methyl sites for hydroxylation is 2. The zero-order chi connectivity index (χ0) is 23.9. The van der Waals surface area contributed by atoms with Gasteiger partial charge in [-0.15, -0.1) is 0 Å². The number of benzene rings is 3. The van der Waals surface area contributed by atoms with Gasteiger partial charge < -0.3 is 14.4 Å². The highest BCUT2D eigenvalue weighted by Crippen LogP contribution is 2.46. The fourth-order valence-corrected chi connectivity index (χ4v) is 4.64. The Morgan fingerprint density at radius 3 is 2.18 bits per heavy atom. The summed E-state index contributed by atoms with van der Waals surface area (Å²) in [5.41, 5.74) is 4.37. The number of ether oxygens (including phenoxy) is 2. The second kappa shape index (κ2) is 11.0. The number of hydrogen-bond donors (Lipinski definition) is 0. The van der Waals surface area contributed by atoms with Crippen LogP contribution in [0, 0.1) is 5.92 Å². The van der Waals surface area contributed by atoms with Crippen molar-refractivity contribution in [3.05, 3.63) is 95.6 Å². The summed E-state index contributed by atoms with van der Waals surface area (Å²) in [5.74, 6) is 0.671. The van der Waals surface area contributed by atoms with Gasteiger partial charge in [0, 0.05) is 12.1 Å². The molecular formula is C29H31NO4. The van der Waals surface area contributed by atoms with Crippen LogP contribution < -0.4 is 9.64 Å². The molecule has 0 saturated carbocycles. The summed E-state index contributed by atoms with van der Waals surface area (Å²) in [6, 6.07) is 26.3. The van der Waals surface area contributed by atoms with E-state index in [0.717, 1.165) is 41.8 Å². The minimum absolute atomic E-state index is 0.00803. The fraction of sp³-hybridized carbons (Fsp3) is 0.310. The van der Waals surface area contributed by atoms with Gasteiger partial charge >= 0.3 is 5.97 Å². The Hall–Kier alpha value is -3.60. The molecule has 3 aromatic rings. The smallest absolute Gasteiger partial charge is 0.305 e. The van der Waals surface area contributed by atoms with Crippen LogP contribution in [0.2, 0.25) is 0 Å². The second-order valence-corrected chi connectivity index (χ2v) is 8.65. The van der Waals surface area contributed by atoms with Crippen molar-refractivity contribution in [3.63, 3.8) is 0 Å². The number of esters is 1. The van der Waals surface area contributed by atoms with Crippen molar-refractivity contribution in [1.29, 1.82) is 0 Å². The molecule has 5 nitrogen and oxygen atoms in total. The number of hydrogen-bond acceptors (Lipinski definition) is 4. The SMILES string of the molecule is COC(=O)CCc1ccc(C2C(CCCc3ccccc3)C(=O)N2c2ccc(OC)cc2)cc1. The first-order valence-electron chi connectivity index (χ1n) is 11.8. The lowest BCUT2D eigenvalue weighted by molar-refractivity contribution is -0.140. The highest BCUT2D eigenvalue weighted by molar-refractivity contribution is 6.03. The van der Waals surface area contributed by atoms with Gasteiger partial charge in [-0.05, 0) is 66.6 Å². The summed E-state index contributed by atoms with van der Waals surface area (Å²) in [7, 11) is 3.04. The fourth-order valence-electron chi connectivity index (χ4n) is 4.64. The Balaban J connectivity index is 1.51. The van der Waals surface area contributed by atoms with Crippen LogP contribution in [0.25, 0.3) is 0 Å². The Kier molecular flexibility index (Phi) is 7.63. The molecule has 1 aliphatic heterocycles. The van der Waals surface area contributed by atoms with Crippen LogP contribution in [0.3, 0.4) is 0 Å². The summed E-state index contributed by atoms with van der Waals surface area (Å²) in [5, 5.41) is 0. The van der Waals surface area contributed by atoms with E-state index in [1.807, 2.05) is 47.4 Å². The molecule has 34 heavy (non-hydrogen) atoms. The average Bonchev–Trinajstić information content (AvgIpc) is 2.89. The summed E-state index contributed by atoms with van der Waals surface area (Å²) in [6.07, 6.45) is 3.77. The summed E-state index contributed by atoms with van der Waals surface area (Å²) in [4.78, 5) is 26.6. The monoisotopic (exact) mass is 457 g/mol. The molecule has 0 bridgehead atoms. The molecule has 176 valence electrons. The number of β-lactam (4-membered cyclic amide) rings is 1. The van der Waals surface area contributed by atoms with Gasteiger partial charge in [0.1, 0.15) is 5.75 Å². The van der Waals surface area contributed by atoms with E-state index >= 15 is 0 Å². The molecule has 1 heterocycles. The van der Waals surface area contributed by atoms with E-state index in [1.54, 1.807) is 7.11 Å². The zero-order valence-corrected chi connectivity index (χ0v) is 19.8. The zero-order valence-electron chi connectivity index (χ0n) is 19.8. The van der Waals surface area contributed by atoms with Crippen LogP contribution in [0.4, 0.5) is 5.69 Å². The molecule has 0 aliphatic carbocycles. The van der Waals surface area contributed by atoms with E-state index in [2.05, 4.69) is 36.4 Å². The third kappa shape index (κ3) is 5.30. The maximum absolute atomic E-state index is 13.3. The highest BCUT2D eigenvalue weighted by atomic mass is 16.5. The Morgan fingerprint density at radius 2 is 1.53 bits per heavy atom. The third-order valence-electron chi connectivity index (χ3n) is 6.55. The molecule has 0 spiro atoms. The Morgan fingerprint density at radius 1 is 0.853 bits per heavy atom. The summed E-state index contributed by atoms with van der Waals surface area (Å²) < 4.78 is 10.0. The lowest BCUT2D eigenvalue weighted by Gasteiger charge is -2.48. The van der Waals surface area contributed by atoms with E-state index < -0.39 is 0 Å². The van der Waals surface area contributed by atoms with Gasteiger partial charge in [0.25, 0.3) is 0 Å². The van der Waals surface area contributed by atoms with E-state index in [0.29, 0.717) is 12.8 Å². The first-order valence-corrected chi connectivity index (χ1v) is 11.8. The molecule has 0 N–H and O–H groups in total. The van der Waals surface area contributed by atoms with Crippen LogP contribution in [-0.4, -0.2) is 26.1 Å². The molecular weight excluding hydrogens is 426 g/mol. The average molecular weight is 458 g/mol. The van der Waals surface area contributed by atoms with Gasteiger partial charge in [-0.3, -0.25) is 9.59 Å². The second-order valence-electron chi connectivity index (χ2n) is 8.65. The molecule has 2 unspecified atom stereocenters. The van der Waals surface area contributed by atoms with Crippen LogP contribution in [0.1, 0.15) is 42.0 Å². The van der Waals surface area contributed by atoms with Gasteiger partial charge in [-0.25, -0.2) is 0 Å². The molecule has 1 saturated heterocycles. The normalized spacial score (nSPS) is 17.2. The number of carbonyl (C=O) groups is 2. The van der Waals surface area contributed by atoms with Gasteiger partial charge in [0.15, 0.2) is 0 Å². The molecule has 3 aromatic carbocycles. The van der Waals surface area contributed by atoms with Crippen LogP contribution in [0.15, 0.2) is 78.9 Å². The standard InChI is InChI=1S/C29H31NO4/c1-33-25-18-16-24(17-19-25)30-28(23-14-11-22(12-15-23)13-20-27(31)34-2)26(29(30)32)10-6-9-21-7-4-3-5-8-21/h3-5,7-8,11-12,14-19,26,28H,6,9-10,13,20H2,1-2H3. The quantitative estimate of drug-likeness (QED) is 0.297. The van der Waals surface area contributed by atoms with Gasteiger partial charge in [-0.2, -0.15) is 0 Å². The van der Waals surface area contributed by atoms with Crippen molar-refractivity contribution in [1.82, 2.24) is 0 Å². The Bertz CT molecular complexity index is 1090. The van der Waals surface area contributed by atoms with Crippen LogP contribution in [0.5, 0.6) is 5.75 Å². The van der Waals surface area contributed by atoms with Crippen LogP contribution in [-0.2, 0) is 27.2 Å². The molecule has 1 amide bonds. The van der Waals surface area contributed by atoms with Crippen molar-refractivity contribution in [2.75, 3.05) is 19.1 Å². The van der Waals surface area contributed by atoms with Gasteiger partial charge in [0.2, 0.25) is 5.91 Å². The topological polar surface area (TPSA) is 55.8 Å². The van der Waals surface area contributed by atoms with E-state index in [4.69, 9.17) is 9.47 Å². The van der Waals surface area contributed by atoms with Gasteiger partial charge in [0.05, 0.1) is 26.2 Å². The lowest BCUT2D eigenvalue weighted by atomic mass is 9.78. The number of anilines is 1. The van der Waals surface area contributed by atoms with Gasteiger partial charge in [-0.1, -0.05) is 54.6 Å². The highest BCUT2D eigenvalue weighted by Gasteiger charge is 2.48. The summed E-state index contributed by atoms with van der Waals surface area (Å²) in [6.45, 7) is 0. The van der Waals surface area contributed by atoms with Crippen molar-refractivity contribution >= 4 is 17.6 Å². The predicted octanol–water partition coefficient (Wildman–Crippen LogP) is 5.53. The van der Waals surface area contributed by atoms with Crippen molar-refractivity contribution in [3.8, 4) is 5.75 Å². The maximum atomic E-state index is 13.3. The lowest BCUT2D eigenvalue weighted by Crippen LogP contribution is -2.55. The minimum Gasteiger partial charge on any atom is -0.497 e. The van der Waals surface area contributed by atoms with Crippen molar-refractivity contribution < 1.29 is 19.1 Å². The molecule has 1 fully saturated rings. The van der Waals surface area contributed by atoms with Crippen molar-refractivity contribution in [2.24, 2.45) is 5.92 Å². The molecule has 5 heteroatoms. The maximum Gasteiger partial charge on any atom is 0.305 e. The molecule has 0 radical (unpaired) electrons. The van der Waals surface area contributed by atoms with E-state index in [-0.39, 0.29) is 23.8 Å². The summed E-state index contributed by atoms with van der Waals surface area (Å²) >= 11 is 0. The minimum atomic E-state index is -0.210. The first kappa shape index (κ1) is 23.6. The molecule has 0 aromatic heterocycles. The predicted molar refractivity (Wildman–Crippen MR) is 133 cm³/mol. The van der Waals surface area contributed by atoms with Crippen LogP contribution >= 0.6 is 0 Å². The Labute approximate surface area is 201 Å². The third-order valence-corrected chi connectivity index (χ3v) is 6.55. The molecule has 4 rings (SSSR count). The van der Waals surface area contributed by atoms with Crippen molar-refractivity contribution in [2.45, 2.75) is 38.1 Å². The molecule has 2 atom stereocenters. The number of nitrogens with zero attached hydrogens (tertiary/aromatic N) is 1. The van der Waals surface area contributed by atoms with E-state index in [1.165, 1.54) is 12.7 Å². The first-order chi connectivity index (χ1) is 16.6. The number of rotatable bonds is 10. The number of carbonyl (C=O) groups excluding carboxylic acids is 2. The number of amides is 1. The number of methoxy groups -OCH3 is 2.